The maximum absolute atomic E-state index is 12.0. The molecule has 0 aliphatic carbocycles. The van der Waals surface area contributed by atoms with Crippen molar-refractivity contribution in [3.05, 3.63) is 18.0 Å². The number of hydrogen-bond donors (Lipinski definition) is 0. The number of carbonyl (C=O) groups is 2. The first-order chi connectivity index (χ1) is 8.72. The molecule has 1 saturated heterocycles. The lowest BCUT2D eigenvalue weighted by molar-refractivity contribution is -0.149. The topological polar surface area (TPSA) is 72.6 Å². The summed E-state index contributed by atoms with van der Waals surface area (Å²) in [5.41, 5.74) is 0.310. The van der Waals surface area contributed by atoms with Crippen LogP contribution in [0.2, 0.25) is 0 Å². The molecule has 1 fully saturated rings. The second kappa shape index (κ2) is 5.66. The summed E-state index contributed by atoms with van der Waals surface area (Å²) in [4.78, 5) is 25.2. The molecule has 0 atom stereocenters. The van der Waals surface area contributed by atoms with E-state index in [4.69, 9.17) is 4.74 Å². The Morgan fingerprint density at radius 2 is 2.22 bits per heavy atom. The zero-order valence-electron chi connectivity index (χ0n) is 10.3. The molecule has 1 aliphatic rings. The fraction of sp³-hybridized carbons (Fsp3) is 0.583. The molecular formula is C12H16N2O4. The van der Waals surface area contributed by atoms with Gasteiger partial charge >= 0.3 is 5.97 Å². The minimum absolute atomic E-state index is 0.0914. The van der Waals surface area contributed by atoms with Gasteiger partial charge < -0.3 is 14.2 Å². The number of carbonyl (C=O) groups excluding carboxylic acids is 2. The first kappa shape index (κ1) is 12.6. The van der Waals surface area contributed by atoms with Gasteiger partial charge in [-0.05, 0) is 19.8 Å². The van der Waals surface area contributed by atoms with Gasteiger partial charge in [-0.15, -0.1) is 0 Å². The summed E-state index contributed by atoms with van der Waals surface area (Å²) in [5, 5.41) is 3.62. The number of nitrogens with zero attached hydrogens (tertiary/aromatic N) is 2. The SMILES string of the molecule is CCOC(=O)C1CCN(C(=O)c2ccon2)CC1. The number of piperidine rings is 1. The van der Waals surface area contributed by atoms with Gasteiger partial charge in [0.05, 0.1) is 12.5 Å². The molecule has 1 aliphatic heterocycles. The van der Waals surface area contributed by atoms with E-state index in [9.17, 15) is 9.59 Å². The Balaban J connectivity index is 1.87. The number of likely N-dealkylation sites (tertiary alicyclic amines) is 1. The molecular weight excluding hydrogens is 236 g/mol. The van der Waals surface area contributed by atoms with Gasteiger partial charge in [-0.3, -0.25) is 9.59 Å². The summed E-state index contributed by atoms with van der Waals surface area (Å²) in [6.07, 6.45) is 2.66. The summed E-state index contributed by atoms with van der Waals surface area (Å²) < 4.78 is 9.63. The van der Waals surface area contributed by atoms with Crippen LogP contribution in [0.5, 0.6) is 0 Å². The maximum Gasteiger partial charge on any atom is 0.309 e. The fourth-order valence-corrected chi connectivity index (χ4v) is 2.06. The van der Waals surface area contributed by atoms with Crippen LogP contribution in [0.3, 0.4) is 0 Å². The van der Waals surface area contributed by atoms with Gasteiger partial charge in [0.25, 0.3) is 5.91 Å². The summed E-state index contributed by atoms with van der Waals surface area (Å²) >= 11 is 0. The highest BCUT2D eigenvalue weighted by Crippen LogP contribution is 2.19. The first-order valence-electron chi connectivity index (χ1n) is 6.08. The quantitative estimate of drug-likeness (QED) is 0.753. The van der Waals surface area contributed by atoms with Gasteiger partial charge in [0.2, 0.25) is 0 Å². The summed E-state index contributed by atoms with van der Waals surface area (Å²) in [6, 6.07) is 1.54. The van der Waals surface area contributed by atoms with Gasteiger partial charge in [-0.25, -0.2) is 0 Å². The van der Waals surface area contributed by atoms with Crippen molar-refractivity contribution >= 4 is 11.9 Å². The predicted octanol–water partition coefficient (Wildman–Crippen LogP) is 1.09. The molecule has 1 aromatic heterocycles. The second-order valence-corrected chi connectivity index (χ2v) is 4.20. The van der Waals surface area contributed by atoms with E-state index >= 15 is 0 Å². The zero-order chi connectivity index (χ0) is 13.0. The van der Waals surface area contributed by atoms with E-state index in [0.29, 0.717) is 38.2 Å². The summed E-state index contributed by atoms with van der Waals surface area (Å²) in [5.74, 6) is -0.400. The number of ether oxygens (including phenoxy) is 1. The molecule has 1 aromatic rings. The number of rotatable bonds is 3. The van der Waals surface area contributed by atoms with Crippen LogP contribution in [0.1, 0.15) is 30.3 Å². The van der Waals surface area contributed by atoms with Crippen molar-refractivity contribution in [2.75, 3.05) is 19.7 Å². The molecule has 0 spiro atoms. The van der Waals surface area contributed by atoms with Crippen LogP contribution in [0, 0.1) is 5.92 Å². The van der Waals surface area contributed by atoms with E-state index in [2.05, 4.69) is 9.68 Å². The van der Waals surface area contributed by atoms with Gasteiger partial charge in [0.15, 0.2) is 5.69 Å². The highest BCUT2D eigenvalue weighted by molar-refractivity contribution is 5.92. The monoisotopic (exact) mass is 252 g/mol. The van der Waals surface area contributed by atoms with Crippen LogP contribution < -0.4 is 0 Å². The van der Waals surface area contributed by atoms with Crippen molar-refractivity contribution in [2.45, 2.75) is 19.8 Å². The number of aromatic nitrogens is 1. The summed E-state index contributed by atoms with van der Waals surface area (Å²) in [6.45, 7) is 3.29. The molecule has 98 valence electrons. The van der Waals surface area contributed by atoms with E-state index < -0.39 is 0 Å². The van der Waals surface area contributed by atoms with Crippen molar-refractivity contribution in [3.63, 3.8) is 0 Å². The smallest absolute Gasteiger partial charge is 0.309 e. The Hall–Kier alpha value is -1.85. The van der Waals surface area contributed by atoms with Crippen molar-refractivity contribution in [2.24, 2.45) is 5.92 Å². The average molecular weight is 252 g/mol. The molecule has 0 unspecified atom stereocenters. The number of esters is 1. The molecule has 0 radical (unpaired) electrons. The molecule has 0 N–H and O–H groups in total. The Morgan fingerprint density at radius 1 is 1.50 bits per heavy atom. The zero-order valence-corrected chi connectivity index (χ0v) is 10.3. The highest BCUT2D eigenvalue weighted by Gasteiger charge is 2.29. The van der Waals surface area contributed by atoms with Crippen molar-refractivity contribution < 1.29 is 18.8 Å². The first-order valence-corrected chi connectivity index (χ1v) is 6.08. The Bertz CT molecular complexity index is 408. The molecule has 0 saturated carbocycles. The predicted molar refractivity (Wildman–Crippen MR) is 61.8 cm³/mol. The molecule has 2 rings (SSSR count). The van der Waals surface area contributed by atoms with Crippen molar-refractivity contribution in [3.8, 4) is 0 Å². The van der Waals surface area contributed by atoms with Crippen LogP contribution in [0.4, 0.5) is 0 Å². The van der Waals surface area contributed by atoms with Crippen molar-refractivity contribution in [1.29, 1.82) is 0 Å². The van der Waals surface area contributed by atoms with Gasteiger partial charge in [0, 0.05) is 19.2 Å². The minimum atomic E-state index is -0.161. The van der Waals surface area contributed by atoms with Crippen LogP contribution >= 0.6 is 0 Å². The standard InChI is InChI=1S/C12H16N2O4/c1-2-17-12(16)9-3-6-14(7-4-9)11(15)10-5-8-18-13-10/h5,8-9H,2-4,6-7H2,1H3. The molecule has 18 heavy (non-hydrogen) atoms. The van der Waals surface area contributed by atoms with E-state index in [1.165, 1.54) is 6.26 Å². The lowest BCUT2D eigenvalue weighted by Crippen LogP contribution is -2.40. The van der Waals surface area contributed by atoms with Crippen molar-refractivity contribution in [1.82, 2.24) is 10.1 Å². The van der Waals surface area contributed by atoms with E-state index in [1.54, 1.807) is 17.9 Å². The molecule has 6 nitrogen and oxygen atoms in total. The van der Waals surface area contributed by atoms with E-state index in [-0.39, 0.29) is 17.8 Å². The van der Waals surface area contributed by atoms with Gasteiger partial charge in [0.1, 0.15) is 6.26 Å². The van der Waals surface area contributed by atoms with Crippen LogP contribution in [-0.2, 0) is 9.53 Å². The summed E-state index contributed by atoms with van der Waals surface area (Å²) in [7, 11) is 0. The molecule has 0 aromatic carbocycles. The largest absolute Gasteiger partial charge is 0.466 e. The number of hydrogen-bond acceptors (Lipinski definition) is 5. The average Bonchev–Trinajstić information content (AvgIpc) is 2.92. The third-order valence-corrected chi connectivity index (χ3v) is 3.06. The molecule has 1 amide bonds. The van der Waals surface area contributed by atoms with Gasteiger partial charge in [-0.1, -0.05) is 5.16 Å². The lowest BCUT2D eigenvalue weighted by atomic mass is 9.97. The Labute approximate surface area is 105 Å². The Morgan fingerprint density at radius 3 is 2.78 bits per heavy atom. The second-order valence-electron chi connectivity index (χ2n) is 4.20. The van der Waals surface area contributed by atoms with Gasteiger partial charge in [-0.2, -0.15) is 0 Å². The highest BCUT2D eigenvalue weighted by atomic mass is 16.5. The van der Waals surface area contributed by atoms with E-state index in [1.807, 2.05) is 0 Å². The molecule has 2 heterocycles. The lowest BCUT2D eigenvalue weighted by Gasteiger charge is -2.30. The fourth-order valence-electron chi connectivity index (χ4n) is 2.06. The third-order valence-electron chi connectivity index (χ3n) is 3.06. The number of amides is 1. The van der Waals surface area contributed by atoms with Crippen LogP contribution in [0.15, 0.2) is 16.9 Å². The van der Waals surface area contributed by atoms with Crippen LogP contribution in [-0.4, -0.2) is 41.6 Å². The normalized spacial score (nSPS) is 16.6. The third kappa shape index (κ3) is 2.69. The molecule has 0 bridgehead atoms. The minimum Gasteiger partial charge on any atom is -0.466 e. The van der Waals surface area contributed by atoms with Crippen LogP contribution in [0.25, 0.3) is 0 Å². The Kier molecular flexibility index (Phi) is 3.96. The molecule has 6 heteroatoms. The maximum atomic E-state index is 12.0. The van der Waals surface area contributed by atoms with E-state index in [0.717, 1.165) is 0 Å².